The lowest BCUT2D eigenvalue weighted by Crippen LogP contribution is -2.49. The molecule has 1 aliphatic heterocycles. The Morgan fingerprint density at radius 2 is 1.48 bits per heavy atom. The van der Waals surface area contributed by atoms with Crippen LogP contribution in [0.4, 0.5) is 4.79 Å². The number of carbonyl (C=O) groups excluding carboxylic acids is 2. The minimum absolute atomic E-state index is 0.193. The molecule has 3 rings (SSSR count). The van der Waals surface area contributed by atoms with Gasteiger partial charge in [0.1, 0.15) is 6.61 Å². The highest BCUT2D eigenvalue weighted by Gasteiger charge is 2.22. The minimum Gasteiger partial charge on any atom is -0.445 e. The van der Waals surface area contributed by atoms with Gasteiger partial charge in [0, 0.05) is 38.2 Å². The fraction of sp³-hybridized carbons (Fsp3) is 0.364. The highest BCUT2D eigenvalue weighted by Crippen LogP contribution is 2.09. The molecule has 27 heavy (non-hydrogen) atoms. The fourth-order valence-corrected chi connectivity index (χ4v) is 3.20. The van der Waals surface area contributed by atoms with Crippen molar-refractivity contribution in [1.82, 2.24) is 9.80 Å². The van der Waals surface area contributed by atoms with Crippen LogP contribution in [0.15, 0.2) is 60.7 Å². The number of Topliss-reactive ketones (excluding diaryl/α,β-unsaturated/α-hetero) is 1. The van der Waals surface area contributed by atoms with Crippen molar-refractivity contribution in [3.05, 3.63) is 71.8 Å². The van der Waals surface area contributed by atoms with Gasteiger partial charge in [-0.05, 0) is 18.5 Å². The molecule has 0 unspecified atom stereocenters. The van der Waals surface area contributed by atoms with E-state index in [1.807, 2.05) is 60.7 Å². The van der Waals surface area contributed by atoms with Crippen molar-refractivity contribution in [2.45, 2.75) is 19.4 Å². The lowest BCUT2D eigenvalue weighted by molar-refractivity contribution is 0.0711. The van der Waals surface area contributed by atoms with Crippen molar-refractivity contribution in [1.29, 1.82) is 0 Å². The molecule has 5 heteroatoms. The van der Waals surface area contributed by atoms with Gasteiger partial charge < -0.3 is 9.64 Å². The maximum absolute atomic E-state index is 12.2. The molecule has 0 aliphatic carbocycles. The quantitative estimate of drug-likeness (QED) is 0.703. The molecule has 2 aromatic rings. The SMILES string of the molecule is O=C(CCCN1CCN(C(=O)OCc2ccccc2)CC1)c1ccccc1. The van der Waals surface area contributed by atoms with E-state index in [0.717, 1.165) is 37.2 Å². The first-order chi connectivity index (χ1) is 13.2. The Morgan fingerprint density at radius 1 is 0.852 bits per heavy atom. The molecule has 1 amide bonds. The van der Waals surface area contributed by atoms with E-state index in [1.165, 1.54) is 0 Å². The average molecular weight is 366 g/mol. The number of hydrogen-bond donors (Lipinski definition) is 0. The summed E-state index contributed by atoms with van der Waals surface area (Å²) >= 11 is 0. The van der Waals surface area contributed by atoms with Crippen LogP contribution in [0.1, 0.15) is 28.8 Å². The monoisotopic (exact) mass is 366 g/mol. The third kappa shape index (κ3) is 5.93. The Morgan fingerprint density at radius 3 is 2.15 bits per heavy atom. The van der Waals surface area contributed by atoms with Crippen LogP contribution in [0.2, 0.25) is 0 Å². The van der Waals surface area contributed by atoms with Crippen LogP contribution in [0.25, 0.3) is 0 Å². The van der Waals surface area contributed by atoms with Gasteiger partial charge in [-0.15, -0.1) is 0 Å². The molecule has 142 valence electrons. The fourth-order valence-electron chi connectivity index (χ4n) is 3.20. The summed E-state index contributed by atoms with van der Waals surface area (Å²) < 4.78 is 5.39. The number of hydrogen-bond acceptors (Lipinski definition) is 4. The van der Waals surface area contributed by atoms with E-state index in [9.17, 15) is 9.59 Å². The molecule has 0 radical (unpaired) electrons. The van der Waals surface area contributed by atoms with Crippen molar-refractivity contribution in [2.24, 2.45) is 0 Å². The molecule has 0 spiro atoms. The molecule has 0 aromatic heterocycles. The van der Waals surface area contributed by atoms with Gasteiger partial charge in [0.05, 0.1) is 0 Å². The highest BCUT2D eigenvalue weighted by molar-refractivity contribution is 5.95. The van der Waals surface area contributed by atoms with Crippen LogP contribution >= 0.6 is 0 Å². The number of piperazine rings is 1. The van der Waals surface area contributed by atoms with Gasteiger partial charge in [0.2, 0.25) is 0 Å². The van der Waals surface area contributed by atoms with Gasteiger partial charge in [0.15, 0.2) is 5.78 Å². The molecule has 0 bridgehead atoms. The van der Waals surface area contributed by atoms with Crippen molar-refractivity contribution in [3.63, 3.8) is 0 Å². The standard InChI is InChI=1S/C22H26N2O3/c25-21(20-10-5-2-6-11-20)12-7-13-23-14-16-24(17-15-23)22(26)27-18-19-8-3-1-4-9-19/h1-6,8-11H,7,12-18H2. The Balaban J connectivity index is 1.32. The molecule has 1 aliphatic rings. The van der Waals surface area contributed by atoms with Crippen molar-refractivity contribution in [3.8, 4) is 0 Å². The van der Waals surface area contributed by atoms with Gasteiger partial charge in [-0.3, -0.25) is 9.69 Å². The first-order valence-corrected chi connectivity index (χ1v) is 9.48. The van der Waals surface area contributed by atoms with Gasteiger partial charge >= 0.3 is 6.09 Å². The molecule has 1 fully saturated rings. The molecule has 2 aromatic carbocycles. The zero-order valence-electron chi connectivity index (χ0n) is 15.5. The number of benzene rings is 2. The number of ether oxygens (including phenoxy) is 1. The van der Waals surface area contributed by atoms with Crippen molar-refractivity contribution < 1.29 is 14.3 Å². The molecule has 1 saturated heterocycles. The second-order valence-corrected chi connectivity index (χ2v) is 6.76. The first kappa shape index (κ1) is 19.1. The van der Waals surface area contributed by atoms with Crippen LogP contribution in [-0.2, 0) is 11.3 Å². The van der Waals surface area contributed by atoms with Crippen LogP contribution in [0.5, 0.6) is 0 Å². The Hall–Kier alpha value is -2.66. The van der Waals surface area contributed by atoms with Crippen LogP contribution in [0.3, 0.4) is 0 Å². The zero-order chi connectivity index (χ0) is 18.9. The lowest BCUT2D eigenvalue weighted by atomic mass is 10.1. The van der Waals surface area contributed by atoms with E-state index in [4.69, 9.17) is 4.74 Å². The van der Waals surface area contributed by atoms with Crippen LogP contribution in [0, 0.1) is 0 Å². The van der Waals surface area contributed by atoms with E-state index < -0.39 is 0 Å². The summed E-state index contributed by atoms with van der Waals surface area (Å²) in [5.41, 5.74) is 1.77. The second-order valence-electron chi connectivity index (χ2n) is 6.76. The topological polar surface area (TPSA) is 49.9 Å². The van der Waals surface area contributed by atoms with Crippen LogP contribution < -0.4 is 0 Å². The van der Waals surface area contributed by atoms with Gasteiger partial charge in [0.25, 0.3) is 0 Å². The molecule has 1 heterocycles. The number of ketones is 1. The predicted octanol–water partition coefficient (Wildman–Crippen LogP) is 3.60. The molecule has 0 saturated carbocycles. The number of carbonyl (C=O) groups is 2. The van der Waals surface area contributed by atoms with Gasteiger partial charge in [-0.1, -0.05) is 60.7 Å². The average Bonchev–Trinajstić information content (AvgIpc) is 2.74. The van der Waals surface area contributed by atoms with E-state index in [0.29, 0.717) is 26.1 Å². The lowest BCUT2D eigenvalue weighted by Gasteiger charge is -2.34. The van der Waals surface area contributed by atoms with E-state index >= 15 is 0 Å². The largest absolute Gasteiger partial charge is 0.445 e. The highest BCUT2D eigenvalue weighted by atomic mass is 16.6. The van der Waals surface area contributed by atoms with Crippen molar-refractivity contribution in [2.75, 3.05) is 32.7 Å². The molecule has 0 N–H and O–H groups in total. The number of nitrogens with zero attached hydrogens (tertiary/aromatic N) is 2. The molecule has 5 nitrogen and oxygen atoms in total. The second kappa shape index (κ2) is 9.88. The summed E-state index contributed by atoms with van der Waals surface area (Å²) in [5, 5.41) is 0. The molecule has 0 atom stereocenters. The Kier molecular flexibility index (Phi) is 6.99. The zero-order valence-corrected chi connectivity index (χ0v) is 15.5. The third-order valence-corrected chi connectivity index (χ3v) is 4.81. The van der Waals surface area contributed by atoms with E-state index in [-0.39, 0.29) is 11.9 Å². The number of rotatable bonds is 7. The summed E-state index contributed by atoms with van der Waals surface area (Å²) in [4.78, 5) is 28.4. The summed E-state index contributed by atoms with van der Waals surface area (Å²) in [5.74, 6) is 0.193. The first-order valence-electron chi connectivity index (χ1n) is 9.48. The summed E-state index contributed by atoms with van der Waals surface area (Å²) in [6.45, 7) is 4.16. The summed E-state index contributed by atoms with van der Waals surface area (Å²) in [6, 6.07) is 19.1. The number of amides is 1. The van der Waals surface area contributed by atoms with E-state index in [1.54, 1.807) is 4.90 Å². The maximum atomic E-state index is 12.2. The maximum Gasteiger partial charge on any atom is 0.410 e. The van der Waals surface area contributed by atoms with Gasteiger partial charge in [-0.25, -0.2) is 4.79 Å². The molecular formula is C22H26N2O3. The summed E-state index contributed by atoms with van der Waals surface area (Å²) in [7, 11) is 0. The summed E-state index contributed by atoms with van der Waals surface area (Å²) in [6.07, 6.45) is 1.15. The Bertz CT molecular complexity index is 726. The minimum atomic E-state index is -0.252. The Labute approximate surface area is 160 Å². The molecular weight excluding hydrogens is 340 g/mol. The smallest absolute Gasteiger partial charge is 0.410 e. The third-order valence-electron chi connectivity index (χ3n) is 4.81. The van der Waals surface area contributed by atoms with Crippen LogP contribution in [-0.4, -0.2) is 54.4 Å². The normalized spacial score (nSPS) is 14.7. The van der Waals surface area contributed by atoms with Gasteiger partial charge in [-0.2, -0.15) is 0 Å². The van der Waals surface area contributed by atoms with E-state index in [2.05, 4.69) is 4.90 Å². The van der Waals surface area contributed by atoms with Crippen molar-refractivity contribution >= 4 is 11.9 Å². The predicted molar refractivity (Wildman–Crippen MR) is 105 cm³/mol.